The molecule has 0 bridgehead atoms. The summed E-state index contributed by atoms with van der Waals surface area (Å²) in [6.07, 6.45) is 2.69. The minimum absolute atomic E-state index is 0.416. The van der Waals surface area contributed by atoms with Gasteiger partial charge in [0.05, 0.1) is 0 Å². The van der Waals surface area contributed by atoms with Gasteiger partial charge in [-0.3, -0.25) is 10.1 Å². The van der Waals surface area contributed by atoms with E-state index in [0.717, 1.165) is 5.56 Å². The van der Waals surface area contributed by atoms with Crippen LogP contribution in [0.4, 0.5) is 10.5 Å². The molecule has 0 radical (unpaired) electrons. The first-order chi connectivity index (χ1) is 14.0. The Morgan fingerprint density at radius 2 is 1.76 bits per heavy atom. The number of benzene rings is 2. The fraction of sp³-hybridized carbons (Fsp3) is 0.150. The van der Waals surface area contributed by atoms with Crippen molar-refractivity contribution in [1.82, 2.24) is 5.32 Å². The molecule has 0 saturated carbocycles. The van der Waals surface area contributed by atoms with Gasteiger partial charge in [-0.15, -0.1) is 0 Å². The summed E-state index contributed by atoms with van der Waals surface area (Å²) >= 11 is 5.78. The molecule has 3 amide bonds. The highest BCUT2D eigenvalue weighted by Gasteiger charge is 2.14. The first kappa shape index (κ1) is 20.2. The molecular formula is C20H17ClN2O6. The predicted molar refractivity (Wildman–Crippen MR) is 106 cm³/mol. The molecule has 1 aliphatic heterocycles. The second-order valence-corrected chi connectivity index (χ2v) is 6.29. The molecule has 2 aromatic carbocycles. The number of carbonyl (C=O) groups excluding carboxylic acids is 3. The summed E-state index contributed by atoms with van der Waals surface area (Å²) in [6.45, 7) is 0.277. The van der Waals surface area contributed by atoms with Gasteiger partial charge in [0.25, 0.3) is 5.91 Å². The van der Waals surface area contributed by atoms with E-state index < -0.39 is 24.5 Å². The number of hydrogen-bond donors (Lipinski definition) is 2. The van der Waals surface area contributed by atoms with Crippen LogP contribution in [0, 0.1) is 0 Å². The number of rotatable bonds is 5. The van der Waals surface area contributed by atoms with Gasteiger partial charge in [0.2, 0.25) is 0 Å². The van der Waals surface area contributed by atoms with Crippen molar-refractivity contribution in [3.63, 3.8) is 0 Å². The van der Waals surface area contributed by atoms with E-state index >= 15 is 0 Å². The molecule has 0 atom stereocenters. The van der Waals surface area contributed by atoms with Crippen LogP contribution in [0.2, 0.25) is 5.02 Å². The number of fused-ring (bicyclic) bond motifs is 1. The highest BCUT2D eigenvalue weighted by Crippen LogP contribution is 2.32. The monoisotopic (exact) mass is 416 g/mol. The molecular weight excluding hydrogens is 400 g/mol. The van der Waals surface area contributed by atoms with Crippen LogP contribution in [-0.2, 0) is 14.3 Å². The van der Waals surface area contributed by atoms with Crippen molar-refractivity contribution in [2.45, 2.75) is 0 Å². The molecule has 0 saturated heterocycles. The van der Waals surface area contributed by atoms with Crippen LogP contribution >= 0.6 is 11.6 Å². The molecule has 0 aromatic heterocycles. The molecule has 0 spiro atoms. The Morgan fingerprint density at radius 3 is 2.52 bits per heavy atom. The highest BCUT2D eigenvalue weighted by molar-refractivity contribution is 6.30. The van der Waals surface area contributed by atoms with Crippen LogP contribution in [0.1, 0.15) is 5.56 Å². The van der Waals surface area contributed by atoms with Gasteiger partial charge in [-0.25, -0.2) is 9.59 Å². The van der Waals surface area contributed by atoms with Gasteiger partial charge in [0.15, 0.2) is 18.1 Å². The molecule has 2 aromatic rings. The van der Waals surface area contributed by atoms with Crippen LogP contribution in [0.3, 0.4) is 0 Å². The number of nitrogens with one attached hydrogen (secondary N) is 2. The maximum Gasteiger partial charge on any atom is 0.331 e. The fourth-order valence-corrected chi connectivity index (χ4v) is 2.50. The third-order valence-electron chi connectivity index (χ3n) is 3.68. The van der Waals surface area contributed by atoms with Crippen molar-refractivity contribution in [3.05, 3.63) is 59.1 Å². The molecule has 29 heavy (non-hydrogen) atoms. The van der Waals surface area contributed by atoms with Crippen molar-refractivity contribution in [2.24, 2.45) is 0 Å². The quantitative estimate of drug-likeness (QED) is 0.573. The van der Waals surface area contributed by atoms with Gasteiger partial charge in [0.1, 0.15) is 13.2 Å². The number of urea groups is 1. The van der Waals surface area contributed by atoms with Crippen LogP contribution in [-0.4, -0.2) is 37.7 Å². The zero-order chi connectivity index (χ0) is 20.6. The average Bonchev–Trinajstić information content (AvgIpc) is 2.71. The summed E-state index contributed by atoms with van der Waals surface area (Å²) in [5.74, 6) is -0.408. The Balaban J connectivity index is 1.42. The maximum atomic E-state index is 11.9. The second-order valence-electron chi connectivity index (χ2n) is 5.85. The van der Waals surface area contributed by atoms with Gasteiger partial charge in [0, 0.05) is 22.9 Å². The van der Waals surface area contributed by atoms with E-state index in [1.165, 1.54) is 12.2 Å². The zero-order valence-corrected chi connectivity index (χ0v) is 15.9. The minimum Gasteiger partial charge on any atom is -0.486 e. The van der Waals surface area contributed by atoms with E-state index in [2.05, 4.69) is 10.6 Å². The number of imide groups is 1. The lowest BCUT2D eigenvalue weighted by Crippen LogP contribution is -2.37. The number of carbonyl (C=O) groups is 3. The summed E-state index contributed by atoms with van der Waals surface area (Å²) in [7, 11) is 0. The topological polar surface area (TPSA) is 103 Å². The molecule has 150 valence electrons. The predicted octanol–water partition coefficient (Wildman–Crippen LogP) is 3.02. The van der Waals surface area contributed by atoms with E-state index in [1.807, 2.05) is 0 Å². The lowest BCUT2D eigenvalue weighted by atomic mass is 10.2. The minimum atomic E-state index is -0.770. The Morgan fingerprint density at radius 1 is 1.03 bits per heavy atom. The number of hydrogen-bond acceptors (Lipinski definition) is 6. The van der Waals surface area contributed by atoms with E-state index in [9.17, 15) is 14.4 Å². The van der Waals surface area contributed by atoms with Crippen LogP contribution < -0.4 is 20.1 Å². The molecule has 1 heterocycles. The molecule has 8 nitrogen and oxygen atoms in total. The SMILES string of the molecule is O=C(COC(=O)/C=C/c1ccc(Cl)cc1)NC(=O)Nc1ccc2c(c1)OCCO2. The molecule has 9 heteroatoms. The van der Waals surface area contributed by atoms with E-state index in [4.69, 9.17) is 25.8 Å². The first-order valence-electron chi connectivity index (χ1n) is 8.60. The number of ether oxygens (including phenoxy) is 3. The summed E-state index contributed by atoms with van der Waals surface area (Å²) in [5, 5.41) is 5.14. The number of anilines is 1. The Bertz CT molecular complexity index is 942. The van der Waals surface area contributed by atoms with Crippen LogP contribution in [0.25, 0.3) is 6.08 Å². The number of halogens is 1. The highest BCUT2D eigenvalue weighted by atomic mass is 35.5. The van der Waals surface area contributed by atoms with Gasteiger partial charge in [-0.1, -0.05) is 23.7 Å². The summed E-state index contributed by atoms with van der Waals surface area (Å²) in [5.41, 5.74) is 1.16. The number of esters is 1. The van der Waals surface area contributed by atoms with Crippen LogP contribution in [0.5, 0.6) is 11.5 Å². The van der Waals surface area contributed by atoms with E-state index in [-0.39, 0.29) is 0 Å². The largest absolute Gasteiger partial charge is 0.486 e. The van der Waals surface area contributed by atoms with E-state index in [0.29, 0.717) is 35.4 Å². The summed E-state index contributed by atoms with van der Waals surface area (Å²) < 4.78 is 15.6. The maximum absolute atomic E-state index is 11.9. The fourth-order valence-electron chi connectivity index (χ4n) is 2.37. The molecule has 1 aliphatic rings. The van der Waals surface area contributed by atoms with Gasteiger partial charge in [-0.2, -0.15) is 0 Å². The Hall–Kier alpha value is -3.52. The molecule has 0 unspecified atom stereocenters. The smallest absolute Gasteiger partial charge is 0.331 e. The van der Waals surface area contributed by atoms with Crippen molar-refractivity contribution in [1.29, 1.82) is 0 Å². The molecule has 0 fully saturated rings. The zero-order valence-electron chi connectivity index (χ0n) is 15.1. The van der Waals surface area contributed by atoms with Crippen molar-refractivity contribution >= 4 is 41.3 Å². The van der Waals surface area contributed by atoms with Crippen molar-refractivity contribution < 1.29 is 28.6 Å². The molecule has 0 aliphatic carbocycles. The lowest BCUT2D eigenvalue weighted by molar-refractivity contribution is -0.143. The summed E-state index contributed by atoms with van der Waals surface area (Å²) in [6, 6.07) is 10.9. The second kappa shape index (κ2) is 9.61. The van der Waals surface area contributed by atoms with Crippen molar-refractivity contribution in [3.8, 4) is 11.5 Å². The van der Waals surface area contributed by atoms with Gasteiger partial charge >= 0.3 is 12.0 Å². The van der Waals surface area contributed by atoms with Crippen molar-refractivity contribution in [2.75, 3.05) is 25.1 Å². The first-order valence-corrected chi connectivity index (χ1v) is 8.98. The molecule has 3 rings (SSSR count). The third-order valence-corrected chi connectivity index (χ3v) is 3.93. The van der Waals surface area contributed by atoms with E-state index in [1.54, 1.807) is 42.5 Å². The van der Waals surface area contributed by atoms with Gasteiger partial charge < -0.3 is 19.5 Å². The lowest BCUT2D eigenvalue weighted by Gasteiger charge is -2.19. The third kappa shape index (κ3) is 6.25. The average molecular weight is 417 g/mol. The normalized spacial score (nSPS) is 12.3. The Kier molecular flexibility index (Phi) is 6.70. The van der Waals surface area contributed by atoms with Gasteiger partial charge in [-0.05, 0) is 35.9 Å². The standard InChI is InChI=1S/C20H17ClN2O6/c21-14-4-1-13(2-5-14)3-8-19(25)29-12-18(24)23-20(26)22-15-6-7-16-17(11-15)28-10-9-27-16/h1-8,11H,9-10,12H2,(H2,22,23,24,26)/b8-3+. The summed E-state index contributed by atoms with van der Waals surface area (Å²) in [4.78, 5) is 35.3. The molecule has 2 N–H and O–H groups in total. The Labute approximate surface area is 171 Å². The number of amides is 3. The van der Waals surface area contributed by atoms with Crippen LogP contribution in [0.15, 0.2) is 48.5 Å².